The van der Waals surface area contributed by atoms with Crippen molar-refractivity contribution in [3.63, 3.8) is 0 Å². The molecule has 2 aromatic rings. The van der Waals surface area contributed by atoms with Crippen molar-refractivity contribution < 1.29 is 0 Å². The summed E-state index contributed by atoms with van der Waals surface area (Å²) < 4.78 is 1.56. The molecule has 0 fully saturated rings. The van der Waals surface area contributed by atoms with Crippen LogP contribution in [0.25, 0.3) is 0 Å². The van der Waals surface area contributed by atoms with E-state index in [1.165, 1.54) is 12.3 Å². The van der Waals surface area contributed by atoms with E-state index in [1.54, 1.807) is 22.2 Å². The van der Waals surface area contributed by atoms with E-state index in [4.69, 9.17) is 0 Å². The lowest BCUT2D eigenvalue weighted by Crippen LogP contribution is -2.19. The third kappa shape index (κ3) is 2.55. The monoisotopic (exact) mass is 235 g/mol. The Bertz CT molecular complexity index is 518. The summed E-state index contributed by atoms with van der Waals surface area (Å²) in [5, 5.41) is 3.14. The van der Waals surface area contributed by atoms with Gasteiger partial charge in [-0.1, -0.05) is 6.92 Å². The van der Waals surface area contributed by atoms with E-state index >= 15 is 0 Å². The van der Waals surface area contributed by atoms with Gasteiger partial charge in [-0.2, -0.15) is 0 Å². The number of hydrogen-bond donors (Lipinski definition) is 0. The molecule has 0 unspecified atom stereocenters. The van der Waals surface area contributed by atoms with Crippen molar-refractivity contribution in [2.45, 2.75) is 26.3 Å². The van der Waals surface area contributed by atoms with Crippen LogP contribution in [0.1, 0.15) is 24.0 Å². The molecule has 84 valence electrons. The Morgan fingerprint density at radius 1 is 1.50 bits per heavy atom. The Morgan fingerprint density at radius 2 is 2.38 bits per heavy atom. The van der Waals surface area contributed by atoms with Crippen LogP contribution >= 0.6 is 11.3 Å². The molecular formula is C11H13N3OS. The highest BCUT2D eigenvalue weighted by molar-refractivity contribution is 7.09. The average Bonchev–Trinajstić information content (AvgIpc) is 2.70. The summed E-state index contributed by atoms with van der Waals surface area (Å²) in [5.74, 6) is 0. The summed E-state index contributed by atoms with van der Waals surface area (Å²) in [6, 6.07) is 1.46. The molecule has 0 radical (unpaired) electrons. The van der Waals surface area contributed by atoms with Crippen molar-refractivity contribution in [2.75, 3.05) is 0 Å². The summed E-state index contributed by atoms with van der Waals surface area (Å²) in [6.07, 6.45) is 5.15. The Kier molecular flexibility index (Phi) is 3.46. The fraction of sp³-hybridized carbons (Fsp3) is 0.364. The molecule has 0 amide bonds. The molecule has 0 aliphatic carbocycles. The van der Waals surface area contributed by atoms with Crippen molar-refractivity contribution >= 4 is 11.3 Å². The highest BCUT2D eigenvalue weighted by Gasteiger charge is 2.02. The van der Waals surface area contributed by atoms with Crippen LogP contribution in [0.15, 0.2) is 28.8 Å². The third-order valence-corrected chi connectivity index (χ3v) is 3.15. The summed E-state index contributed by atoms with van der Waals surface area (Å²) in [6.45, 7) is 2.64. The standard InChI is InChI=1S/C11H13N3OS/c1-2-3-10-13-9(7-16-10)6-14-8-12-5-4-11(14)15/h4-5,7-8H,2-3,6H2,1H3. The van der Waals surface area contributed by atoms with E-state index in [-0.39, 0.29) is 5.56 Å². The molecule has 2 rings (SSSR count). The van der Waals surface area contributed by atoms with Gasteiger partial charge in [0.1, 0.15) is 0 Å². The fourth-order valence-electron chi connectivity index (χ4n) is 1.42. The van der Waals surface area contributed by atoms with Gasteiger partial charge in [-0.3, -0.25) is 9.36 Å². The smallest absolute Gasteiger partial charge is 0.253 e. The zero-order chi connectivity index (χ0) is 11.4. The summed E-state index contributed by atoms with van der Waals surface area (Å²) in [7, 11) is 0. The van der Waals surface area contributed by atoms with Gasteiger partial charge in [-0.05, 0) is 12.8 Å². The maximum absolute atomic E-state index is 11.5. The van der Waals surface area contributed by atoms with Crippen molar-refractivity contribution in [1.82, 2.24) is 14.5 Å². The Balaban J connectivity index is 2.15. The lowest BCUT2D eigenvalue weighted by molar-refractivity contribution is 0.718. The molecule has 0 aliphatic rings. The molecule has 0 bridgehead atoms. The Labute approximate surface area is 97.6 Å². The quantitative estimate of drug-likeness (QED) is 0.810. The van der Waals surface area contributed by atoms with Gasteiger partial charge in [0.2, 0.25) is 0 Å². The fourth-order valence-corrected chi connectivity index (χ4v) is 2.31. The lowest BCUT2D eigenvalue weighted by atomic mass is 10.3. The normalized spacial score (nSPS) is 10.6. The van der Waals surface area contributed by atoms with Crippen LogP contribution in [-0.2, 0) is 13.0 Å². The second kappa shape index (κ2) is 5.03. The molecule has 2 heterocycles. The van der Waals surface area contributed by atoms with Crippen LogP contribution in [0, 0.1) is 0 Å². The number of aryl methyl sites for hydroxylation is 1. The molecule has 0 saturated heterocycles. The first-order chi connectivity index (χ1) is 7.79. The first-order valence-corrected chi connectivity index (χ1v) is 6.11. The van der Waals surface area contributed by atoms with Gasteiger partial charge in [0.05, 0.1) is 23.6 Å². The molecule has 0 spiro atoms. The van der Waals surface area contributed by atoms with Crippen molar-refractivity contribution in [3.8, 4) is 0 Å². The summed E-state index contributed by atoms with van der Waals surface area (Å²) in [5.41, 5.74) is 0.892. The second-order valence-electron chi connectivity index (χ2n) is 3.53. The molecular weight excluding hydrogens is 222 g/mol. The number of nitrogens with zero attached hydrogens (tertiary/aromatic N) is 3. The van der Waals surface area contributed by atoms with Crippen molar-refractivity contribution in [2.24, 2.45) is 0 Å². The van der Waals surface area contributed by atoms with Crippen molar-refractivity contribution in [3.05, 3.63) is 45.0 Å². The highest BCUT2D eigenvalue weighted by atomic mass is 32.1. The minimum Gasteiger partial charge on any atom is -0.293 e. The Hall–Kier alpha value is -1.49. The number of rotatable bonds is 4. The lowest BCUT2D eigenvalue weighted by Gasteiger charge is -2.00. The number of hydrogen-bond acceptors (Lipinski definition) is 4. The molecule has 4 nitrogen and oxygen atoms in total. The molecule has 0 N–H and O–H groups in total. The molecule has 2 aromatic heterocycles. The van der Waals surface area contributed by atoms with Gasteiger partial charge in [-0.15, -0.1) is 11.3 Å². The van der Waals surface area contributed by atoms with Gasteiger partial charge in [-0.25, -0.2) is 9.97 Å². The van der Waals surface area contributed by atoms with E-state index in [9.17, 15) is 4.79 Å². The largest absolute Gasteiger partial charge is 0.293 e. The van der Waals surface area contributed by atoms with Gasteiger partial charge in [0.25, 0.3) is 5.56 Å². The van der Waals surface area contributed by atoms with Crippen LogP contribution in [0.3, 0.4) is 0 Å². The minimum atomic E-state index is -0.0416. The van der Waals surface area contributed by atoms with Gasteiger partial charge >= 0.3 is 0 Å². The predicted molar refractivity (Wildman–Crippen MR) is 63.7 cm³/mol. The molecule has 0 aliphatic heterocycles. The van der Waals surface area contributed by atoms with Crippen LogP contribution < -0.4 is 5.56 Å². The molecule has 0 aromatic carbocycles. The van der Waals surface area contributed by atoms with E-state index in [0.717, 1.165) is 23.5 Å². The third-order valence-electron chi connectivity index (χ3n) is 2.19. The van der Waals surface area contributed by atoms with E-state index in [2.05, 4.69) is 16.9 Å². The van der Waals surface area contributed by atoms with E-state index in [0.29, 0.717) is 6.54 Å². The van der Waals surface area contributed by atoms with E-state index < -0.39 is 0 Å². The first kappa shape index (κ1) is 11.0. The average molecular weight is 235 g/mol. The molecule has 0 saturated carbocycles. The summed E-state index contributed by atoms with van der Waals surface area (Å²) in [4.78, 5) is 19.8. The molecule has 0 atom stereocenters. The SMILES string of the molecule is CCCc1nc(Cn2cnccc2=O)cs1. The maximum atomic E-state index is 11.5. The van der Waals surface area contributed by atoms with Gasteiger partial charge < -0.3 is 0 Å². The first-order valence-electron chi connectivity index (χ1n) is 5.23. The van der Waals surface area contributed by atoms with Crippen LogP contribution in [-0.4, -0.2) is 14.5 Å². The maximum Gasteiger partial charge on any atom is 0.253 e. The minimum absolute atomic E-state index is 0.0416. The van der Waals surface area contributed by atoms with Gasteiger partial charge in [0, 0.05) is 17.6 Å². The van der Waals surface area contributed by atoms with Crippen LogP contribution in [0.5, 0.6) is 0 Å². The second-order valence-corrected chi connectivity index (χ2v) is 4.47. The van der Waals surface area contributed by atoms with Crippen LogP contribution in [0.4, 0.5) is 0 Å². The number of thiazole rings is 1. The van der Waals surface area contributed by atoms with Crippen LogP contribution in [0.2, 0.25) is 0 Å². The molecule has 5 heteroatoms. The predicted octanol–water partition coefficient (Wildman–Crippen LogP) is 1.70. The topological polar surface area (TPSA) is 47.8 Å². The highest BCUT2D eigenvalue weighted by Crippen LogP contribution is 2.12. The summed E-state index contributed by atoms with van der Waals surface area (Å²) >= 11 is 1.65. The van der Waals surface area contributed by atoms with E-state index in [1.807, 2.05) is 5.38 Å². The van der Waals surface area contributed by atoms with Crippen molar-refractivity contribution in [1.29, 1.82) is 0 Å². The van der Waals surface area contributed by atoms with Gasteiger partial charge in [0.15, 0.2) is 0 Å². The zero-order valence-electron chi connectivity index (χ0n) is 9.09. The molecule has 16 heavy (non-hydrogen) atoms. The zero-order valence-corrected chi connectivity index (χ0v) is 9.91. The number of aromatic nitrogens is 3. The Morgan fingerprint density at radius 3 is 3.12 bits per heavy atom.